The van der Waals surface area contributed by atoms with Crippen LogP contribution in [0.3, 0.4) is 0 Å². The summed E-state index contributed by atoms with van der Waals surface area (Å²) in [6.07, 6.45) is 5.48. The zero-order valence-corrected chi connectivity index (χ0v) is 16.6. The van der Waals surface area contributed by atoms with Gasteiger partial charge < -0.3 is 14.5 Å². The smallest absolute Gasteiger partial charge is 0.236 e. The molecule has 1 atom stereocenters. The molecule has 0 spiro atoms. The highest BCUT2D eigenvalue weighted by molar-refractivity contribution is 5.80. The minimum Gasteiger partial charge on any atom is -0.492 e. The van der Waals surface area contributed by atoms with Gasteiger partial charge in [-0.3, -0.25) is 14.5 Å². The highest BCUT2D eigenvalue weighted by Crippen LogP contribution is 2.28. The van der Waals surface area contributed by atoms with E-state index in [1.807, 2.05) is 34.1 Å². The largest absolute Gasteiger partial charge is 0.492 e. The van der Waals surface area contributed by atoms with Crippen LogP contribution in [0.4, 0.5) is 0 Å². The molecule has 3 aliphatic rings. The molecule has 6 nitrogen and oxygen atoms in total. The number of likely N-dealkylation sites (tertiary alicyclic amines) is 1. The van der Waals surface area contributed by atoms with Crippen LogP contribution in [0, 0.1) is 5.92 Å². The predicted molar refractivity (Wildman–Crippen MR) is 107 cm³/mol. The Labute approximate surface area is 167 Å². The number of fused-ring (bicyclic) bond motifs is 1. The molecule has 0 saturated carbocycles. The third-order valence-corrected chi connectivity index (χ3v) is 6.23. The van der Waals surface area contributed by atoms with Crippen molar-refractivity contribution in [1.82, 2.24) is 14.7 Å². The summed E-state index contributed by atoms with van der Waals surface area (Å²) in [4.78, 5) is 31.7. The summed E-state index contributed by atoms with van der Waals surface area (Å²) in [6.45, 7) is 5.70. The van der Waals surface area contributed by atoms with Crippen molar-refractivity contribution in [3.63, 3.8) is 0 Å². The monoisotopic (exact) mass is 385 g/mol. The van der Waals surface area contributed by atoms with Crippen LogP contribution in [0.2, 0.25) is 0 Å². The van der Waals surface area contributed by atoms with E-state index in [9.17, 15) is 9.59 Å². The van der Waals surface area contributed by atoms with Gasteiger partial charge in [0, 0.05) is 39.3 Å². The Hall–Kier alpha value is -2.08. The minimum atomic E-state index is -0.0971. The number of carbonyl (C=O) groups is 2. The fourth-order valence-electron chi connectivity index (χ4n) is 4.48. The highest BCUT2D eigenvalue weighted by atomic mass is 16.5. The maximum atomic E-state index is 12.9. The van der Waals surface area contributed by atoms with E-state index >= 15 is 0 Å². The second-order valence-electron chi connectivity index (χ2n) is 8.22. The zero-order valence-electron chi connectivity index (χ0n) is 16.6. The van der Waals surface area contributed by atoms with Crippen LogP contribution in [0.5, 0.6) is 5.75 Å². The van der Waals surface area contributed by atoms with Gasteiger partial charge in [-0.15, -0.1) is 0 Å². The molecule has 6 heteroatoms. The number of piperazine rings is 1. The molecule has 0 radical (unpaired) electrons. The topological polar surface area (TPSA) is 53.1 Å². The number of hydrogen-bond donors (Lipinski definition) is 0. The first kappa shape index (κ1) is 19.2. The number of ether oxygens (including phenoxy) is 1. The summed E-state index contributed by atoms with van der Waals surface area (Å²) in [5.41, 5.74) is 1.12. The van der Waals surface area contributed by atoms with Gasteiger partial charge in [0.05, 0.1) is 12.5 Å². The Morgan fingerprint density at radius 3 is 2.36 bits per heavy atom. The molecule has 1 aromatic carbocycles. The van der Waals surface area contributed by atoms with Gasteiger partial charge in [0.25, 0.3) is 0 Å². The van der Waals surface area contributed by atoms with Crippen molar-refractivity contribution in [2.24, 2.45) is 5.92 Å². The quantitative estimate of drug-likeness (QED) is 0.796. The lowest BCUT2D eigenvalue weighted by atomic mass is 9.95. The molecule has 0 aromatic heterocycles. The highest BCUT2D eigenvalue weighted by Gasteiger charge is 2.31. The third-order valence-electron chi connectivity index (χ3n) is 6.23. The number of para-hydroxylation sites is 1. The average Bonchev–Trinajstić information content (AvgIpc) is 3.03. The lowest BCUT2D eigenvalue weighted by molar-refractivity contribution is -0.139. The van der Waals surface area contributed by atoms with Crippen molar-refractivity contribution in [3.8, 4) is 5.75 Å². The van der Waals surface area contributed by atoms with Crippen molar-refractivity contribution in [1.29, 1.82) is 0 Å². The number of amides is 2. The molecule has 2 amide bonds. The number of hydrogen-bond acceptors (Lipinski definition) is 4. The molecule has 2 saturated heterocycles. The molecule has 1 aromatic rings. The van der Waals surface area contributed by atoms with E-state index < -0.39 is 0 Å². The lowest BCUT2D eigenvalue weighted by Crippen LogP contribution is -2.53. The van der Waals surface area contributed by atoms with Gasteiger partial charge in [0.1, 0.15) is 12.4 Å². The van der Waals surface area contributed by atoms with E-state index in [0.29, 0.717) is 26.2 Å². The fourth-order valence-corrected chi connectivity index (χ4v) is 4.48. The van der Waals surface area contributed by atoms with E-state index in [0.717, 1.165) is 56.8 Å². The minimum absolute atomic E-state index is 0.0971. The molecular formula is C22H31N3O3. The summed E-state index contributed by atoms with van der Waals surface area (Å²) >= 11 is 0. The molecule has 0 bridgehead atoms. The standard InChI is InChI=1S/C22H31N3O3/c26-21(24-9-5-1-2-6-10-24)16-23-11-13-25(14-12-23)22(27)19-15-18-7-3-4-8-20(18)28-17-19/h3-4,7-8,19H,1-2,5-6,9-17H2. The van der Waals surface area contributed by atoms with Gasteiger partial charge in [-0.05, 0) is 30.9 Å². The van der Waals surface area contributed by atoms with Crippen molar-refractivity contribution < 1.29 is 14.3 Å². The summed E-state index contributed by atoms with van der Waals surface area (Å²) in [5, 5.41) is 0. The zero-order chi connectivity index (χ0) is 19.3. The Morgan fingerprint density at radius 1 is 0.893 bits per heavy atom. The first-order chi connectivity index (χ1) is 13.7. The van der Waals surface area contributed by atoms with E-state index in [1.54, 1.807) is 0 Å². The number of benzene rings is 1. The summed E-state index contributed by atoms with van der Waals surface area (Å²) in [6, 6.07) is 7.97. The number of nitrogens with zero attached hydrogens (tertiary/aromatic N) is 3. The maximum absolute atomic E-state index is 12.9. The Morgan fingerprint density at radius 2 is 1.61 bits per heavy atom. The van der Waals surface area contributed by atoms with Crippen LogP contribution in [0.1, 0.15) is 31.2 Å². The van der Waals surface area contributed by atoms with Gasteiger partial charge >= 0.3 is 0 Å². The van der Waals surface area contributed by atoms with Crippen molar-refractivity contribution in [2.45, 2.75) is 32.1 Å². The SMILES string of the molecule is O=C(CN1CCN(C(=O)C2COc3ccccc3C2)CC1)N1CCCCCC1. The molecule has 152 valence electrons. The van der Waals surface area contributed by atoms with E-state index in [4.69, 9.17) is 4.74 Å². The van der Waals surface area contributed by atoms with Crippen molar-refractivity contribution in [2.75, 3.05) is 52.4 Å². The second kappa shape index (κ2) is 8.95. The van der Waals surface area contributed by atoms with Crippen LogP contribution in [-0.4, -0.2) is 78.9 Å². The average molecular weight is 386 g/mol. The number of carbonyl (C=O) groups excluding carboxylic acids is 2. The normalized spacial score (nSPS) is 23.5. The summed E-state index contributed by atoms with van der Waals surface area (Å²) in [5.74, 6) is 1.25. The molecule has 3 aliphatic heterocycles. The molecular weight excluding hydrogens is 354 g/mol. The molecule has 0 N–H and O–H groups in total. The van der Waals surface area contributed by atoms with Crippen LogP contribution in [0.15, 0.2) is 24.3 Å². The maximum Gasteiger partial charge on any atom is 0.236 e. The summed E-state index contributed by atoms with van der Waals surface area (Å²) < 4.78 is 5.79. The predicted octanol–water partition coefficient (Wildman–Crippen LogP) is 1.78. The lowest BCUT2D eigenvalue weighted by Gasteiger charge is -2.37. The van der Waals surface area contributed by atoms with Crippen LogP contribution in [-0.2, 0) is 16.0 Å². The van der Waals surface area contributed by atoms with Crippen LogP contribution in [0.25, 0.3) is 0 Å². The van der Waals surface area contributed by atoms with Gasteiger partial charge in [-0.2, -0.15) is 0 Å². The molecule has 2 fully saturated rings. The molecule has 1 unspecified atom stereocenters. The Bertz CT molecular complexity index is 692. The number of rotatable bonds is 3. The van der Waals surface area contributed by atoms with E-state index in [2.05, 4.69) is 4.90 Å². The van der Waals surface area contributed by atoms with Gasteiger partial charge in [0.15, 0.2) is 0 Å². The van der Waals surface area contributed by atoms with Crippen molar-refractivity contribution in [3.05, 3.63) is 29.8 Å². The molecule has 3 heterocycles. The Balaban J connectivity index is 1.25. The molecule has 28 heavy (non-hydrogen) atoms. The van der Waals surface area contributed by atoms with E-state index in [-0.39, 0.29) is 17.7 Å². The summed E-state index contributed by atoms with van der Waals surface area (Å²) in [7, 11) is 0. The van der Waals surface area contributed by atoms with E-state index in [1.165, 1.54) is 12.8 Å². The first-order valence-corrected chi connectivity index (χ1v) is 10.7. The fraction of sp³-hybridized carbons (Fsp3) is 0.636. The second-order valence-corrected chi connectivity index (χ2v) is 8.22. The van der Waals surface area contributed by atoms with Gasteiger partial charge in [0.2, 0.25) is 11.8 Å². The van der Waals surface area contributed by atoms with Gasteiger partial charge in [-0.1, -0.05) is 31.0 Å². The molecule has 4 rings (SSSR count). The third kappa shape index (κ3) is 4.49. The van der Waals surface area contributed by atoms with Crippen LogP contribution < -0.4 is 4.74 Å². The van der Waals surface area contributed by atoms with Crippen LogP contribution >= 0.6 is 0 Å². The molecule has 0 aliphatic carbocycles. The Kier molecular flexibility index (Phi) is 6.15. The van der Waals surface area contributed by atoms with Crippen molar-refractivity contribution >= 4 is 11.8 Å². The first-order valence-electron chi connectivity index (χ1n) is 10.7. The van der Waals surface area contributed by atoms with Gasteiger partial charge in [-0.25, -0.2) is 0 Å².